The smallest absolute Gasteiger partial charge is 0.245 e. The maximum absolute atomic E-state index is 6.41. The molecule has 0 aliphatic carbocycles. The number of pyridine rings is 1. The molecule has 2 saturated heterocycles. The van der Waals surface area contributed by atoms with E-state index in [1.807, 2.05) is 30.1 Å². The van der Waals surface area contributed by atoms with E-state index in [9.17, 15) is 0 Å². The molecule has 5 rings (SSSR count). The number of hydrogen-bond donors (Lipinski definition) is 1. The van der Waals surface area contributed by atoms with Crippen molar-refractivity contribution >= 4 is 28.7 Å². The third-order valence-corrected chi connectivity index (χ3v) is 7.33. The third kappa shape index (κ3) is 3.27. The van der Waals surface area contributed by atoms with Crippen LogP contribution in [0.5, 0.6) is 0 Å². The Balaban J connectivity index is 1.27. The molecule has 0 amide bonds. The number of nitrogens with two attached hydrogens (primary N) is 1. The van der Waals surface area contributed by atoms with Crippen molar-refractivity contribution in [2.45, 2.75) is 41.8 Å². The van der Waals surface area contributed by atoms with Gasteiger partial charge in [0.15, 0.2) is 0 Å². The SMILES string of the molecule is C[C@@H]1OCC2(CCN(c3ncc(Sc4ccnc5c4ccn5C)nn3)CC2)[C@@H]1N. The van der Waals surface area contributed by atoms with Gasteiger partial charge in [0.05, 0.1) is 18.9 Å². The molecule has 2 aliphatic heterocycles. The number of fused-ring (bicyclic) bond motifs is 1. The van der Waals surface area contributed by atoms with E-state index in [0.29, 0.717) is 5.95 Å². The lowest BCUT2D eigenvalue weighted by Crippen LogP contribution is -2.51. The minimum Gasteiger partial charge on any atom is -0.376 e. The molecule has 8 nitrogen and oxygen atoms in total. The summed E-state index contributed by atoms with van der Waals surface area (Å²) in [7, 11) is 1.99. The standard InChI is InChI=1S/C20H25N7OS/c1-13-17(21)20(12-28-13)5-9-27(10-6-20)19-23-11-16(24-25-19)29-15-3-7-22-18-14(15)4-8-26(18)2/h3-4,7-8,11,13,17H,5-6,9-10,12,21H2,1-2H3/t13-,17+/m0/s1. The predicted molar refractivity (Wildman–Crippen MR) is 112 cm³/mol. The highest BCUT2D eigenvalue weighted by atomic mass is 32.2. The quantitative estimate of drug-likeness (QED) is 0.701. The molecule has 0 radical (unpaired) electrons. The maximum atomic E-state index is 6.41. The molecule has 0 saturated carbocycles. The second-order valence-electron chi connectivity index (χ2n) is 8.06. The van der Waals surface area contributed by atoms with E-state index in [0.717, 1.165) is 53.5 Å². The summed E-state index contributed by atoms with van der Waals surface area (Å²) in [6.07, 6.45) is 7.78. The van der Waals surface area contributed by atoms with Crippen LogP contribution in [0.15, 0.2) is 40.6 Å². The number of aromatic nitrogens is 5. The summed E-state index contributed by atoms with van der Waals surface area (Å²) in [5.41, 5.74) is 7.47. The Morgan fingerprint density at radius 3 is 2.72 bits per heavy atom. The van der Waals surface area contributed by atoms with Crippen LogP contribution < -0.4 is 10.6 Å². The lowest BCUT2D eigenvalue weighted by molar-refractivity contribution is 0.0973. The van der Waals surface area contributed by atoms with Gasteiger partial charge in [0.1, 0.15) is 10.7 Å². The first-order valence-electron chi connectivity index (χ1n) is 9.95. The molecule has 29 heavy (non-hydrogen) atoms. The van der Waals surface area contributed by atoms with Crippen LogP contribution in [-0.4, -0.2) is 56.6 Å². The molecular formula is C20H25N7OS. The summed E-state index contributed by atoms with van der Waals surface area (Å²) in [6, 6.07) is 4.18. The molecule has 2 fully saturated rings. The van der Waals surface area contributed by atoms with Crippen molar-refractivity contribution in [2.24, 2.45) is 18.2 Å². The fraction of sp³-hybridized carbons (Fsp3) is 0.500. The Morgan fingerprint density at radius 1 is 1.21 bits per heavy atom. The molecular weight excluding hydrogens is 386 g/mol. The van der Waals surface area contributed by atoms with Crippen LogP contribution in [0.25, 0.3) is 11.0 Å². The number of rotatable bonds is 3. The van der Waals surface area contributed by atoms with Crippen LogP contribution >= 0.6 is 11.8 Å². The van der Waals surface area contributed by atoms with Crippen molar-refractivity contribution in [3.63, 3.8) is 0 Å². The van der Waals surface area contributed by atoms with E-state index in [1.165, 1.54) is 0 Å². The number of aryl methyl sites for hydroxylation is 1. The van der Waals surface area contributed by atoms with E-state index in [2.05, 4.69) is 38.1 Å². The first-order chi connectivity index (χ1) is 14.1. The molecule has 152 valence electrons. The van der Waals surface area contributed by atoms with Gasteiger partial charge in [-0.05, 0) is 31.9 Å². The Morgan fingerprint density at radius 2 is 2.03 bits per heavy atom. The zero-order valence-corrected chi connectivity index (χ0v) is 17.5. The summed E-state index contributed by atoms with van der Waals surface area (Å²) in [5.74, 6) is 0.685. The highest BCUT2D eigenvalue weighted by molar-refractivity contribution is 7.99. The molecule has 2 N–H and O–H groups in total. The third-order valence-electron chi connectivity index (χ3n) is 6.36. The summed E-state index contributed by atoms with van der Waals surface area (Å²) < 4.78 is 7.82. The molecule has 2 aliphatic rings. The molecule has 3 aromatic heterocycles. The van der Waals surface area contributed by atoms with Gasteiger partial charge in [0.2, 0.25) is 5.95 Å². The van der Waals surface area contributed by atoms with Crippen molar-refractivity contribution in [2.75, 3.05) is 24.6 Å². The van der Waals surface area contributed by atoms with E-state index < -0.39 is 0 Å². The van der Waals surface area contributed by atoms with E-state index in [4.69, 9.17) is 10.5 Å². The zero-order valence-electron chi connectivity index (χ0n) is 16.7. The van der Waals surface area contributed by atoms with Crippen LogP contribution in [0.2, 0.25) is 0 Å². The molecule has 9 heteroatoms. The summed E-state index contributed by atoms with van der Waals surface area (Å²) in [6.45, 7) is 4.60. The second-order valence-corrected chi connectivity index (χ2v) is 9.13. The Hall–Kier alpha value is -2.23. The highest BCUT2D eigenvalue weighted by Gasteiger charge is 2.47. The molecule has 2 atom stereocenters. The number of nitrogens with zero attached hydrogens (tertiary/aromatic N) is 6. The van der Waals surface area contributed by atoms with Crippen molar-refractivity contribution in [3.8, 4) is 0 Å². The van der Waals surface area contributed by atoms with Crippen molar-refractivity contribution < 1.29 is 4.74 Å². The summed E-state index contributed by atoms with van der Waals surface area (Å²) >= 11 is 1.56. The molecule has 5 heterocycles. The average Bonchev–Trinajstić information content (AvgIpc) is 3.26. The van der Waals surface area contributed by atoms with Gasteiger partial charge in [-0.3, -0.25) is 0 Å². The van der Waals surface area contributed by atoms with Crippen molar-refractivity contribution in [1.82, 2.24) is 24.7 Å². The lowest BCUT2D eigenvalue weighted by Gasteiger charge is -2.41. The summed E-state index contributed by atoms with van der Waals surface area (Å²) in [5, 5.41) is 10.7. The van der Waals surface area contributed by atoms with Gasteiger partial charge in [0.25, 0.3) is 0 Å². The molecule has 0 bridgehead atoms. The van der Waals surface area contributed by atoms with E-state index in [-0.39, 0.29) is 17.6 Å². The van der Waals surface area contributed by atoms with Crippen molar-refractivity contribution in [1.29, 1.82) is 0 Å². The number of ether oxygens (including phenoxy) is 1. The van der Waals surface area contributed by atoms with Crippen LogP contribution in [0.1, 0.15) is 19.8 Å². The zero-order chi connectivity index (χ0) is 20.0. The van der Waals surface area contributed by atoms with Gasteiger partial charge in [-0.15, -0.1) is 10.2 Å². The van der Waals surface area contributed by atoms with E-state index in [1.54, 1.807) is 18.0 Å². The van der Waals surface area contributed by atoms with Gasteiger partial charge in [-0.1, -0.05) is 11.8 Å². The molecule has 1 spiro atoms. The minimum absolute atomic E-state index is 0.0987. The fourth-order valence-corrected chi connectivity index (χ4v) is 5.23. The van der Waals surface area contributed by atoms with Crippen LogP contribution in [-0.2, 0) is 11.8 Å². The van der Waals surface area contributed by atoms with Gasteiger partial charge in [0, 0.05) is 54.3 Å². The Bertz CT molecular complexity index is 1010. The molecule has 0 aromatic carbocycles. The number of anilines is 1. The van der Waals surface area contributed by atoms with Gasteiger partial charge in [-0.2, -0.15) is 0 Å². The van der Waals surface area contributed by atoms with Gasteiger partial charge in [-0.25, -0.2) is 9.97 Å². The van der Waals surface area contributed by atoms with Crippen LogP contribution in [0.4, 0.5) is 5.95 Å². The van der Waals surface area contributed by atoms with Crippen molar-refractivity contribution in [3.05, 3.63) is 30.7 Å². The average molecular weight is 412 g/mol. The van der Waals surface area contributed by atoms with Gasteiger partial charge < -0.3 is 19.9 Å². The maximum Gasteiger partial charge on any atom is 0.245 e. The normalized spacial score (nSPS) is 23.9. The van der Waals surface area contributed by atoms with Crippen LogP contribution in [0, 0.1) is 5.41 Å². The van der Waals surface area contributed by atoms with E-state index >= 15 is 0 Å². The predicted octanol–water partition coefficient (Wildman–Crippen LogP) is 2.24. The first-order valence-corrected chi connectivity index (χ1v) is 10.8. The second kappa shape index (κ2) is 7.23. The summed E-state index contributed by atoms with van der Waals surface area (Å²) in [4.78, 5) is 12.3. The monoisotopic (exact) mass is 411 g/mol. The fourth-order valence-electron chi connectivity index (χ4n) is 4.42. The Kier molecular flexibility index (Phi) is 4.68. The minimum atomic E-state index is 0.0987. The molecule has 3 aromatic rings. The van der Waals surface area contributed by atoms with Crippen LogP contribution in [0.3, 0.4) is 0 Å². The number of hydrogen-bond acceptors (Lipinski definition) is 8. The molecule has 0 unspecified atom stereocenters. The Labute approximate surface area is 173 Å². The highest BCUT2D eigenvalue weighted by Crippen LogP contribution is 2.41. The first kappa shape index (κ1) is 18.8. The lowest BCUT2D eigenvalue weighted by atomic mass is 9.73. The topological polar surface area (TPSA) is 95.0 Å². The number of piperidine rings is 1. The largest absolute Gasteiger partial charge is 0.376 e. The van der Waals surface area contributed by atoms with Gasteiger partial charge >= 0.3 is 0 Å².